The van der Waals surface area contributed by atoms with E-state index in [9.17, 15) is 4.79 Å². The van der Waals surface area contributed by atoms with Crippen LogP contribution in [-0.2, 0) is 14.3 Å². The maximum Gasteiger partial charge on any atom is 0.305 e. The topological polar surface area (TPSA) is 35.5 Å². The smallest absolute Gasteiger partial charge is 0.305 e. The molecule has 3 nitrogen and oxygen atoms in total. The molecule has 0 unspecified atom stereocenters. The Hall–Kier alpha value is -0.830. The number of esters is 1. The van der Waals surface area contributed by atoms with Crippen molar-refractivity contribution in [3.05, 3.63) is 12.2 Å². The third-order valence-electron chi connectivity index (χ3n) is 3.08. The van der Waals surface area contributed by atoms with Crippen LogP contribution in [0.4, 0.5) is 0 Å². The maximum absolute atomic E-state index is 11.4. The van der Waals surface area contributed by atoms with E-state index in [1.807, 2.05) is 0 Å². The first-order chi connectivity index (χ1) is 8.89. The van der Waals surface area contributed by atoms with Crippen molar-refractivity contribution in [2.24, 2.45) is 0 Å². The van der Waals surface area contributed by atoms with Crippen molar-refractivity contribution in [1.29, 1.82) is 0 Å². The molecule has 0 saturated carbocycles. The van der Waals surface area contributed by atoms with Gasteiger partial charge in [0, 0.05) is 12.8 Å². The fraction of sp³-hybridized carbons (Fsp3) is 0.800. The van der Waals surface area contributed by atoms with E-state index in [2.05, 4.69) is 12.2 Å². The molecule has 0 saturated heterocycles. The van der Waals surface area contributed by atoms with Crippen LogP contribution in [-0.4, -0.2) is 25.8 Å². The number of hydrogen-bond donors (Lipinski definition) is 0. The average Bonchev–Trinajstić information content (AvgIpc) is 2.37. The summed E-state index contributed by atoms with van der Waals surface area (Å²) in [5.74, 6) is -0.0563. The maximum atomic E-state index is 11.4. The Bertz CT molecular complexity index is 236. The quantitative estimate of drug-likeness (QED) is 0.489. The third kappa shape index (κ3) is 9.23. The Balaban J connectivity index is 2.17. The normalized spacial score (nSPS) is 23.9. The Morgan fingerprint density at radius 2 is 1.61 bits per heavy atom. The molecule has 0 aromatic rings. The van der Waals surface area contributed by atoms with Gasteiger partial charge in [-0.3, -0.25) is 4.79 Å². The molecule has 18 heavy (non-hydrogen) atoms. The molecule has 0 amide bonds. The lowest BCUT2D eigenvalue weighted by Crippen LogP contribution is -2.07. The lowest BCUT2D eigenvalue weighted by Gasteiger charge is -2.05. The molecule has 1 rings (SSSR count). The van der Waals surface area contributed by atoms with E-state index >= 15 is 0 Å². The van der Waals surface area contributed by atoms with E-state index in [1.54, 1.807) is 0 Å². The Morgan fingerprint density at radius 3 is 2.50 bits per heavy atom. The number of carbonyl (C=O) groups excluding carboxylic acids is 1. The highest BCUT2D eigenvalue weighted by molar-refractivity contribution is 5.69. The minimum absolute atomic E-state index is 0.0563. The summed E-state index contributed by atoms with van der Waals surface area (Å²) in [5, 5.41) is 0. The molecule has 0 aromatic carbocycles. The van der Waals surface area contributed by atoms with Crippen molar-refractivity contribution in [3.63, 3.8) is 0 Å². The van der Waals surface area contributed by atoms with Crippen LogP contribution in [0.1, 0.15) is 57.8 Å². The molecular formula is C15H26O3. The first-order valence-corrected chi connectivity index (χ1v) is 7.28. The molecule has 0 bridgehead atoms. The number of ether oxygens (including phenoxy) is 2. The molecule has 0 aliphatic carbocycles. The summed E-state index contributed by atoms with van der Waals surface area (Å²) in [5.41, 5.74) is 0. The van der Waals surface area contributed by atoms with Gasteiger partial charge in [-0.2, -0.15) is 0 Å². The van der Waals surface area contributed by atoms with Crippen LogP contribution < -0.4 is 0 Å². The van der Waals surface area contributed by atoms with Crippen LogP contribution in [0, 0.1) is 0 Å². The lowest BCUT2D eigenvalue weighted by atomic mass is 10.1. The van der Waals surface area contributed by atoms with Crippen molar-refractivity contribution >= 4 is 5.97 Å². The number of cyclic esters (lactones) is 1. The van der Waals surface area contributed by atoms with Crippen molar-refractivity contribution in [3.8, 4) is 0 Å². The highest BCUT2D eigenvalue weighted by atomic mass is 16.5. The third-order valence-corrected chi connectivity index (χ3v) is 3.08. The molecule has 3 heteroatoms. The van der Waals surface area contributed by atoms with Crippen LogP contribution in [0.15, 0.2) is 12.2 Å². The van der Waals surface area contributed by atoms with E-state index in [0.29, 0.717) is 26.2 Å². The zero-order chi connectivity index (χ0) is 12.9. The second-order valence-electron chi connectivity index (χ2n) is 4.78. The molecule has 104 valence electrons. The standard InChI is InChI=1S/C15H26O3/c16-15-11-8-6-4-2-1-3-5-7-9-12-17-13-10-14-18-15/h7,9H,1-6,8,10-14H2/b9-7+. The van der Waals surface area contributed by atoms with Gasteiger partial charge in [0.15, 0.2) is 0 Å². The molecular weight excluding hydrogens is 228 g/mol. The summed E-state index contributed by atoms with van der Waals surface area (Å²) in [6.07, 6.45) is 14.0. The average molecular weight is 254 g/mol. The molecule has 0 N–H and O–H groups in total. The first kappa shape index (κ1) is 15.2. The summed E-state index contributed by atoms with van der Waals surface area (Å²) < 4.78 is 10.5. The molecule has 0 spiro atoms. The van der Waals surface area contributed by atoms with E-state index in [1.165, 1.54) is 25.7 Å². The highest BCUT2D eigenvalue weighted by Crippen LogP contribution is 2.09. The van der Waals surface area contributed by atoms with Gasteiger partial charge in [-0.1, -0.05) is 37.8 Å². The van der Waals surface area contributed by atoms with Crippen LogP contribution in [0.25, 0.3) is 0 Å². The number of carbonyl (C=O) groups is 1. The molecule has 0 radical (unpaired) electrons. The van der Waals surface area contributed by atoms with E-state index < -0.39 is 0 Å². The molecule has 1 heterocycles. The van der Waals surface area contributed by atoms with Gasteiger partial charge in [-0.25, -0.2) is 0 Å². The number of allylic oxidation sites excluding steroid dienone is 1. The molecule has 1 aliphatic rings. The Labute approximate surface area is 111 Å². The van der Waals surface area contributed by atoms with E-state index in [-0.39, 0.29) is 5.97 Å². The molecule has 1 aliphatic heterocycles. The fourth-order valence-corrected chi connectivity index (χ4v) is 2.00. The predicted octanol–water partition coefficient (Wildman–Crippen LogP) is 3.63. The SMILES string of the molecule is O=C1CCCCCCCC/C=C/COCCCO1. The van der Waals surface area contributed by atoms with Gasteiger partial charge in [0.1, 0.15) is 0 Å². The summed E-state index contributed by atoms with van der Waals surface area (Å²) in [7, 11) is 0. The zero-order valence-corrected chi connectivity index (χ0v) is 11.4. The first-order valence-electron chi connectivity index (χ1n) is 7.28. The van der Waals surface area contributed by atoms with Crippen molar-refractivity contribution in [2.75, 3.05) is 19.8 Å². The van der Waals surface area contributed by atoms with Crippen molar-refractivity contribution < 1.29 is 14.3 Å². The fourth-order valence-electron chi connectivity index (χ4n) is 2.00. The van der Waals surface area contributed by atoms with Crippen LogP contribution in [0.2, 0.25) is 0 Å². The van der Waals surface area contributed by atoms with Gasteiger partial charge in [-0.15, -0.1) is 0 Å². The second-order valence-corrected chi connectivity index (χ2v) is 4.78. The van der Waals surface area contributed by atoms with E-state index in [0.717, 1.165) is 25.7 Å². The molecule has 0 atom stereocenters. The van der Waals surface area contributed by atoms with Gasteiger partial charge < -0.3 is 9.47 Å². The highest BCUT2D eigenvalue weighted by Gasteiger charge is 2.02. The number of rotatable bonds is 0. The summed E-state index contributed by atoms with van der Waals surface area (Å²) in [6.45, 7) is 1.83. The van der Waals surface area contributed by atoms with Gasteiger partial charge in [0.2, 0.25) is 0 Å². The predicted molar refractivity (Wildman–Crippen MR) is 72.5 cm³/mol. The van der Waals surface area contributed by atoms with Crippen LogP contribution in [0.3, 0.4) is 0 Å². The summed E-state index contributed by atoms with van der Waals surface area (Å²) in [4.78, 5) is 11.4. The molecule has 0 aromatic heterocycles. The van der Waals surface area contributed by atoms with Crippen LogP contribution in [0.5, 0.6) is 0 Å². The zero-order valence-electron chi connectivity index (χ0n) is 11.4. The Morgan fingerprint density at radius 1 is 0.833 bits per heavy atom. The van der Waals surface area contributed by atoms with Crippen molar-refractivity contribution in [1.82, 2.24) is 0 Å². The second kappa shape index (κ2) is 11.3. The largest absolute Gasteiger partial charge is 0.466 e. The summed E-state index contributed by atoms with van der Waals surface area (Å²) >= 11 is 0. The van der Waals surface area contributed by atoms with Crippen LogP contribution >= 0.6 is 0 Å². The molecule has 0 fully saturated rings. The summed E-state index contributed by atoms with van der Waals surface area (Å²) in [6, 6.07) is 0. The van der Waals surface area contributed by atoms with Gasteiger partial charge in [0.25, 0.3) is 0 Å². The minimum atomic E-state index is -0.0563. The van der Waals surface area contributed by atoms with Gasteiger partial charge in [-0.05, 0) is 19.3 Å². The van der Waals surface area contributed by atoms with Gasteiger partial charge in [0.05, 0.1) is 19.8 Å². The number of hydrogen-bond acceptors (Lipinski definition) is 3. The lowest BCUT2D eigenvalue weighted by molar-refractivity contribution is -0.144. The van der Waals surface area contributed by atoms with E-state index in [4.69, 9.17) is 9.47 Å². The van der Waals surface area contributed by atoms with Gasteiger partial charge >= 0.3 is 5.97 Å². The Kier molecular flexibility index (Phi) is 9.54. The van der Waals surface area contributed by atoms with Crippen molar-refractivity contribution in [2.45, 2.75) is 57.8 Å². The minimum Gasteiger partial charge on any atom is -0.466 e. The monoisotopic (exact) mass is 254 g/mol.